The van der Waals surface area contributed by atoms with Crippen LogP contribution in [0.4, 0.5) is 14.5 Å². The summed E-state index contributed by atoms with van der Waals surface area (Å²) in [6.07, 6.45) is -0.745. The maximum atomic E-state index is 12.4. The minimum atomic E-state index is -3.45. The van der Waals surface area contributed by atoms with Crippen LogP contribution in [0.2, 0.25) is 0 Å². The van der Waals surface area contributed by atoms with Crippen LogP contribution >= 0.6 is 15.9 Å². The number of sulfonamides is 2. The fraction of sp³-hybridized carbons (Fsp3) is 0.333. The SMILES string of the molecule is CS(=O)(=O)Nc1cc(Br)cc(C(F)F)c1.CS(N)(=O)=O. The van der Waals surface area contributed by atoms with Crippen LogP contribution in [0.1, 0.15) is 12.0 Å². The Hall–Kier alpha value is -0.780. The second kappa shape index (κ2) is 7.29. The summed E-state index contributed by atoms with van der Waals surface area (Å²) in [5.74, 6) is 0. The van der Waals surface area contributed by atoms with Crippen molar-refractivity contribution in [2.24, 2.45) is 5.14 Å². The molecule has 3 N–H and O–H groups in total. The first-order valence-corrected chi connectivity index (χ1v) is 9.46. The van der Waals surface area contributed by atoms with Crippen LogP contribution in [0.3, 0.4) is 0 Å². The summed E-state index contributed by atoms with van der Waals surface area (Å²) in [4.78, 5) is 0. The largest absolute Gasteiger partial charge is 0.284 e. The van der Waals surface area contributed by atoms with Gasteiger partial charge in [0.05, 0.1) is 18.2 Å². The standard InChI is InChI=1S/C8H8BrF2NO2S.CH5NO2S/c1-15(13,14)12-7-3-5(8(10)11)2-6(9)4-7;1-5(2,3)4/h2-4,8,12H,1H3;1H3,(H2,2,3,4). The van der Waals surface area contributed by atoms with Gasteiger partial charge in [-0.2, -0.15) is 0 Å². The highest BCUT2D eigenvalue weighted by atomic mass is 79.9. The molecule has 116 valence electrons. The second-order valence-corrected chi connectivity index (χ2v) is 8.10. The molecule has 1 rings (SSSR count). The summed E-state index contributed by atoms with van der Waals surface area (Å²) in [5, 5.41) is 4.33. The lowest BCUT2D eigenvalue weighted by molar-refractivity contribution is 0.151. The van der Waals surface area contributed by atoms with Gasteiger partial charge >= 0.3 is 0 Å². The summed E-state index contributed by atoms with van der Waals surface area (Å²) < 4.78 is 67.8. The number of anilines is 1. The highest BCUT2D eigenvalue weighted by Crippen LogP contribution is 2.27. The molecule has 0 saturated carbocycles. The molecule has 6 nitrogen and oxygen atoms in total. The van der Waals surface area contributed by atoms with Crippen molar-refractivity contribution in [3.05, 3.63) is 28.2 Å². The molecule has 0 amide bonds. The number of primary sulfonamides is 1. The van der Waals surface area contributed by atoms with Crippen molar-refractivity contribution in [1.82, 2.24) is 0 Å². The number of nitrogens with two attached hydrogens (primary N) is 1. The van der Waals surface area contributed by atoms with E-state index in [-0.39, 0.29) is 11.3 Å². The molecule has 0 heterocycles. The highest BCUT2D eigenvalue weighted by molar-refractivity contribution is 9.10. The van der Waals surface area contributed by atoms with Gasteiger partial charge in [0, 0.05) is 10.0 Å². The zero-order chi connectivity index (χ0) is 16.1. The lowest BCUT2D eigenvalue weighted by Gasteiger charge is -2.07. The molecule has 0 aromatic heterocycles. The van der Waals surface area contributed by atoms with Crippen LogP contribution in [0.25, 0.3) is 0 Å². The number of halogens is 3. The first-order valence-electron chi connectivity index (χ1n) is 4.82. The van der Waals surface area contributed by atoms with Crippen LogP contribution in [-0.2, 0) is 20.0 Å². The number of nitrogens with one attached hydrogen (secondary N) is 1. The lowest BCUT2D eigenvalue weighted by Crippen LogP contribution is -2.09. The summed E-state index contributed by atoms with van der Waals surface area (Å²) in [6.45, 7) is 0. The third-order valence-electron chi connectivity index (χ3n) is 1.48. The topological polar surface area (TPSA) is 106 Å². The first-order chi connectivity index (χ1) is 8.78. The molecule has 0 aliphatic rings. The van der Waals surface area contributed by atoms with Crippen molar-refractivity contribution >= 4 is 41.7 Å². The number of hydrogen-bond donors (Lipinski definition) is 2. The van der Waals surface area contributed by atoms with Gasteiger partial charge in [0.25, 0.3) is 6.43 Å². The molecule has 0 radical (unpaired) electrons. The van der Waals surface area contributed by atoms with Crippen molar-refractivity contribution in [2.45, 2.75) is 6.43 Å². The Labute approximate surface area is 124 Å². The molecule has 0 saturated heterocycles. The van der Waals surface area contributed by atoms with Gasteiger partial charge in [-0.15, -0.1) is 0 Å². The van der Waals surface area contributed by atoms with Crippen molar-refractivity contribution in [2.75, 3.05) is 17.2 Å². The van der Waals surface area contributed by atoms with Crippen molar-refractivity contribution < 1.29 is 25.6 Å². The molecule has 11 heteroatoms. The molecule has 0 bridgehead atoms. The quantitative estimate of drug-likeness (QED) is 0.812. The van der Waals surface area contributed by atoms with Gasteiger partial charge in [-0.05, 0) is 18.2 Å². The third-order valence-corrected chi connectivity index (χ3v) is 2.54. The van der Waals surface area contributed by atoms with Crippen LogP contribution in [0.15, 0.2) is 22.7 Å². The molecule has 0 aliphatic carbocycles. The minimum Gasteiger partial charge on any atom is -0.284 e. The Morgan fingerprint density at radius 1 is 1.15 bits per heavy atom. The van der Waals surface area contributed by atoms with E-state index >= 15 is 0 Å². The lowest BCUT2D eigenvalue weighted by atomic mass is 10.2. The maximum Gasteiger partial charge on any atom is 0.263 e. The Kier molecular flexibility index (Phi) is 7.01. The van der Waals surface area contributed by atoms with E-state index in [2.05, 4.69) is 25.8 Å². The van der Waals surface area contributed by atoms with E-state index in [0.29, 0.717) is 4.47 Å². The normalized spacial score (nSPS) is 11.8. The first kappa shape index (κ1) is 19.2. The van der Waals surface area contributed by atoms with Gasteiger partial charge in [0.1, 0.15) is 0 Å². The Balaban J connectivity index is 0.000000621. The van der Waals surface area contributed by atoms with E-state index in [9.17, 15) is 25.6 Å². The number of alkyl halides is 2. The van der Waals surface area contributed by atoms with Gasteiger partial charge in [0.2, 0.25) is 20.0 Å². The van der Waals surface area contributed by atoms with Crippen molar-refractivity contribution in [3.63, 3.8) is 0 Å². The molecule has 0 aliphatic heterocycles. The van der Waals surface area contributed by atoms with E-state index in [1.165, 1.54) is 12.1 Å². The monoisotopic (exact) mass is 394 g/mol. The summed E-state index contributed by atoms with van der Waals surface area (Å²) in [6, 6.07) is 3.74. The van der Waals surface area contributed by atoms with Crippen LogP contribution < -0.4 is 9.86 Å². The molecular formula is C9H13BrF2N2O4S2. The predicted molar refractivity (Wildman–Crippen MR) is 76.6 cm³/mol. The van der Waals surface area contributed by atoms with Gasteiger partial charge in [-0.1, -0.05) is 15.9 Å². The number of hydrogen-bond acceptors (Lipinski definition) is 4. The van der Waals surface area contributed by atoms with Crippen LogP contribution in [0, 0.1) is 0 Å². The van der Waals surface area contributed by atoms with Gasteiger partial charge in [-0.3, -0.25) is 4.72 Å². The van der Waals surface area contributed by atoms with Crippen LogP contribution in [0.5, 0.6) is 0 Å². The van der Waals surface area contributed by atoms with Gasteiger partial charge < -0.3 is 0 Å². The summed E-state index contributed by atoms with van der Waals surface area (Å²) in [5.41, 5.74) is -0.127. The molecule has 0 fully saturated rings. The maximum absolute atomic E-state index is 12.4. The van der Waals surface area contributed by atoms with E-state index in [1.807, 2.05) is 0 Å². The van der Waals surface area contributed by atoms with E-state index in [4.69, 9.17) is 0 Å². The average Bonchev–Trinajstić information content (AvgIpc) is 2.10. The molecule has 0 spiro atoms. The fourth-order valence-corrected chi connectivity index (χ4v) is 2.07. The summed E-state index contributed by atoms with van der Waals surface area (Å²) in [7, 11) is -6.62. The minimum absolute atomic E-state index is 0.113. The van der Waals surface area contributed by atoms with E-state index in [1.54, 1.807) is 0 Å². The molecule has 20 heavy (non-hydrogen) atoms. The van der Waals surface area contributed by atoms with Gasteiger partial charge in [0.15, 0.2) is 0 Å². The summed E-state index contributed by atoms with van der Waals surface area (Å²) >= 11 is 3.02. The third kappa shape index (κ3) is 11.1. The predicted octanol–water partition coefficient (Wildman–Crippen LogP) is 1.66. The Bertz CT molecular complexity index is 655. The highest BCUT2D eigenvalue weighted by Gasteiger charge is 2.10. The molecule has 0 atom stereocenters. The fourth-order valence-electron chi connectivity index (χ4n) is 1.01. The van der Waals surface area contributed by atoms with Gasteiger partial charge in [-0.25, -0.2) is 30.8 Å². The average molecular weight is 395 g/mol. The molecule has 1 aromatic carbocycles. The number of benzene rings is 1. The zero-order valence-corrected chi connectivity index (χ0v) is 13.7. The zero-order valence-electron chi connectivity index (χ0n) is 10.5. The van der Waals surface area contributed by atoms with Crippen molar-refractivity contribution in [3.8, 4) is 0 Å². The number of rotatable bonds is 3. The van der Waals surface area contributed by atoms with Crippen molar-refractivity contribution in [1.29, 1.82) is 0 Å². The Morgan fingerprint density at radius 2 is 1.60 bits per heavy atom. The molecule has 1 aromatic rings. The smallest absolute Gasteiger partial charge is 0.263 e. The molecular weight excluding hydrogens is 382 g/mol. The Morgan fingerprint density at radius 3 is 1.95 bits per heavy atom. The van der Waals surface area contributed by atoms with E-state index in [0.717, 1.165) is 18.6 Å². The molecule has 0 unspecified atom stereocenters. The van der Waals surface area contributed by atoms with E-state index < -0.39 is 26.5 Å². The second-order valence-electron chi connectivity index (χ2n) is 3.78. The van der Waals surface area contributed by atoms with Crippen LogP contribution in [-0.4, -0.2) is 29.3 Å².